The number of hydrazine groups is 1. The molecule has 7 heteroatoms. The van der Waals surface area contributed by atoms with Crippen molar-refractivity contribution in [3.05, 3.63) is 41.5 Å². The van der Waals surface area contributed by atoms with Crippen molar-refractivity contribution in [2.24, 2.45) is 5.92 Å². The molecule has 1 aromatic carbocycles. The molecule has 1 aromatic rings. The fraction of sp³-hybridized carbons (Fsp3) is 0.375. The van der Waals surface area contributed by atoms with Crippen molar-refractivity contribution in [1.29, 1.82) is 0 Å². The molecule has 124 valence electrons. The van der Waals surface area contributed by atoms with E-state index in [1.165, 1.54) is 6.08 Å². The van der Waals surface area contributed by atoms with Gasteiger partial charge in [-0.1, -0.05) is 29.8 Å². The minimum Gasteiger partial charge on any atom is -0.273 e. The fourth-order valence-corrected chi connectivity index (χ4v) is 4.23. The average molecular weight is 336 g/mol. The molecule has 0 aromatic heterocycles. The molecule has 23 heavy (non-hydrogen) atoms. The summed E-state index contributed by atoms with van der Waals surface area (Å²) in [4.78, 5) is 23.3. The second-order valence-electron chi connectivity index (χ2n) is 5.75. The second kappa shape index (κ2) is 7.41. The third-order valence-electron chi connectivity index (χ3n) is 3.63. The number of carbonyl (C=O) groups excluding carboxylic acids is 2. The minimum absolute atomic E-state index is 0.0433. The number of hydrogen-bond donors (Lipinski definition) is 2. The average Bonchev–Trinajstić information content (AvgIpc) is 2.83. The van der Waals surface area contributed by atoms with Crippen LogP contribution in [0.3, 0.4) is 0 Å². The molecule has 1 aliphatic heterocycles. The van der Waals surface area contributed by atoms with Crippen molar-refractivity contribution in [2.45, 2.75) is 19.8 Å². The molecule has 0 aliphatic carbocycles. The number of hydrogen-bond acceptors (Lipinski definition) is 4. The molecule has 1 aliphatic rings. The van der Waals surface area contributed by atoms with Gasteiger partial charge < -0.3 is 0 Å². The lowest BCUT2D eigenvalue weighted by Crippen LogP contribution is -2.41. The van der Waals surface area contributed by atoms with Gasteiger partial charge in [-0.3, -0.25) is 20.4 Å². The second-order valence-corrected chi connectivity index (χ2v) is 7.98. The molecule has 2 N–H and O–H groups in total. The minimum atomic E-state index is -2.99. The Morgan fingerprint density at radius 3 is 2.52 bits per heavy atom. The van der Waals surface area contributed by atoms with Crippen LogP contribution in [0.5, 0.6) is 0 Å². The van der Waals surface area contributed by atoms with Gasteiger partial charge in [-0.2, -0.15) is 0 Å². The standard InChI is InChI=1S/C16H20N2O4S/c1-12-2-4-13(5-3-12)6-7-15(19)17-18-16(20)10-14-8-9-23(21,22)11-14/h2-7,14H,8-11H2,1H3,(H,17,19)(H,18,20)/b7-6+/t14-/m0/s1. The Labute approximate surface area is 135 Å². The van der Waals surface area contributed by atoms with Crippen LogP contribution in [0.25, 0.3) is 6.08 Å². The molecule has 0 spiro atoms. The van der Waals surface area contributed by atoms with Gasteiger partial charge in [-0.25, -0.2) is 8.42 Å². The highest BCUT2D eigenvalue weighted by atomic mass is 32.2. The van der Waals surface area contributed by atoms with Gasteiger partial charge in [0, 0.05) is 12.5 Å². The largest absolute Gasteiger partial charge is 0.273 e. The van der Waals surface area contributed by atoms with Crippen LogP contribution in [0.2, 0.25) is 0 Å². The Kier molecular flexibility index (Phi) is 5.54. The van der Waals surface area contributed by atoms with E-state index in [2.05, 4.69) is 10.9 Å². The van der Waals surface area contributed by atoms with Crippen molar-refractivity contribution < 1.29 is 18.0 Å². The molecule has 1 saturated heterocycles. The zero-order valence-corrected chi connectivity index (χ0v) is 13.7. The van der Waals surface area contributed by atoms with Crippen LogP contribution in [0.4, 0.5) is 0 Å². The summed E-state index contributed by atoms with van der Waals surface area (Å²) in [5, 5.41) is 0. The Morgan fingerprint density at radius 1 is 1.22 bits per heavy atom. The van der Waals surface area contributed by atoms with E-state index in [1.807, 2.05) is 31.2 Å². The maximum atomic E-state index is 11.7. The first kappa shape index (κ1) is 17.2. The van der Waals surface area contributed by atoms with Gasteiger partial charge in [0.2, 0.25) is 5.91 Å². The van der Waals surface area contributed by atoms with Crippen LogP contribution in [0.15, 0.2) is 30.3 Å². The topological polar surface area (TPSA) is 92.3 Å². The number of sulfone groups is 1. The van der Waals surface area contributed by atoms with E-state index >= 15 is 0 Å². The summed E-state index contributed by atoms with van der Waals surface area (Å²) in [5.74, 6) is -0.819. The number of rotatable bonds is 4. The first-order valence-electron chi connectivity index (χ1n) is 7.38. The number of aryl methyl sites for hydroxylation is 1. The van der Waals surface area contributed by atoms with Crippen molar-refractivity contribution >= 4 is 27.7 Å². The van der Waals surface area contributed by atoms with Gasteiger partial charge in [0.1, 0.15) is 0 Å². The quantitative estimate of drug-likeness (QED) is 0.633. The molecule has 0 bridgehead atoms. The molecule has 6 nitrogen and oxygen atoms in total. The zero-order chi connectivity index (χ0) is 16.9. The lowest BCUT2D eigenvalue weighted by Gasteiger charge is -2.08. The summed E-state index contributed by atoms with van der Waals surface area (Å²) in [7, 11) is -2.99. The Hall–Kier alpha value is -2.15. The Morgan fingerprint density at radius 2 is 1.91 bits per heavy atom. The predicted octanol–water partition coefficient (Wildman–Crippen LogP) is 0.980. The third kappa shape index (κ3) is 5.86. The fourth-order valence-electron chi connectivity index (χ4n) is 2.37. The Balaban J connectivity index is 1.73. The van der Waals surface area contributed by atoms with Gasteiger partial charge in [0.25, 0.3) is 5.91 Å². The lowest BCUT2D eigenvalue weighted by molar-refractivity contribution is -0.127. The number of carbonyl (C=O) groups is 2. The molecule has 0 saturated carbocycles. The van der Waals surface area contributed by atoms with Crippen molar-refractivity contribution in [2.75, 3.05) is 11.5 Å². The summed E-state index contributed by atoms with van der Waals surface area (Å²) in [6.07, 6.45) is 3.56. The molecular weight excluding hydrogens is 316 g/mol. The van der Waals surface area contributed by atoms with Crippen LogP contribution in [0, 0.1) is 12.8 Å². The third-order valence-corrected chi connectivity index (χ3v) is 5.47. The van der Waals surface area contributed by atoms with Gasteiger partial charge in [-0.05, 0) is 30.9 Å². The highest BCUT2D eigenvalue weighted by molar-refractivity contribution is 7.91. The molecular formula is C16H20N2O4S. The molecule has 2 rings (SSSR count). The van der Waals surface area contributed by atoms with E-state index < -0.39 is 15.7 Å². The first-order chi connectivity index (χ1) is 10.8. The summed E-state index contributed by atoms with van der Waals surface area (Å²) in [5.41, 5.74) is 6.60. The van der Waals surface area contributed by atoms with E-state index in [4.69, 9.17) is 0 Å². The van der Waals surface area contributed by atoms with Gasteiger partial charge >= 0.3 is 0 Å². The Bertz CT molecular complexity index is 708. The van der Waals surface area contributed by atoms with E-state index in [1.54, 1.807) is 6.08 Å². The summed E-state index contributed by atoms with van der Waals surface area (Å²) in [6, 6.07) is 7.65. The van der Waals surface area contributed by atoms with Gasteiger partial charge in [0.05, 0.1) is 11.5 Å². The van der Waals surface area contributed by atoms with E-state index in [9.17, 15) is 18.0 Å². The highest BCUT2D eigenvalue weighted by Gasteiger charge is 2.29. The van der Waals surface area contributed by atoms with Crippen molar-refractivity contribution in [3.8, 4) is 0 Å². The molecule has 0 unspecified atom stereocenters. The highest BCUT2D eigenvalue weighted by Crippen LogP contribution is 2.21. The molecule has 1 atom stereocenters. The van der Waals surface area contributed by atoms with E-state index in [0.29, 0.717) is 6.42 Å². The predicted molar refractivity (Wildman–Crippen MR) is 87.9 cm³/mol. The van der Waals surface area contributed by atoms with E-state index in [-0.39, 0.29) is 29.8 Å². The zero-order valence-electron chi connectivity index (χ0n) is 12.9. The van der Waals surface area contributed by atoms with E-state index in [0.717, 1.165) is 11.1 Å². The summed E-state index contributed by atoms with van der Waals surface area (Å²) >= 11 is 0. The van der Waals surface area contributed by atoms with Gasteiger partial charge in [-0.15, -0.1) is 0 Å². The van der Waals surface area contributed by atoms with Crippen LogP contribution >= 0.6 is 0 Å². The molecule has 2 amide bonds. The smallest absolute Gasteiger partial charge is 0.262 e. The van der Waals surface area contributed by atoms with Crippen molar-refractivity contribution in [3.63, 3.8) is 0 Å². The lowest BCUT2D eigenvalue weighted by atomic mass is 10.1. The first-order valence-corrected chi connectivity index (χ1v) is 9.20. The van der Waals surface area contributed by atoms with Crippen LogP contribution in [-0.4, -0.2) is 31.7 Å². The summed E-state index contributed by atoms with van der Waals surface area (Å²) in [6.45, 7) is 1.98. The maximum absolute atomic E-state index is 11.7. The number of benzene rings is 1. The molecule has 1 heterocycles. The number of nitrogens with one attached hydrogen (secondary N) is 2. The SMILES string of the molecule is Cc1ccc(/C=C/C(=O)NNC(=O)C[C@@H]2CCS(=O)(=O)C2)cc1. The van der Waals surface area contributed by atoms with Crippen LogP contribution in [-0.2, 0) is 19.4 Å². The van der Waals surface area contributed by atoms with Crippen molar-refractivity contribution in [1.82, 2.24) is 10.9 Å². The monoisotopic (exact) mass is 336 g/mol. The normalized spacial score (nSPS) is 19.6. The van der Waals surface area contributed by atoms with Crippen LogP contribution in [0.1, 0.15) is 24.0 Å². The molecule has 1 fully saturated rings. The maximum Gasteiger partial charge on any atom is 0.262 e. The number of amides is 2. The summed E-state index contributed by atoms with van der Waals surface area (Å²) < 4.78 is 22.6. The molecule has 0 radical (unpaired) electrons. The van der Waals surface area contributed by atoms with Gasteiger partial charge in [0.15, 0.2) is 9.84 Å². The van der Waals surface area contributed by atoms with Crippen LogP contribution < -0.4 is 10.9 Å².